The Hall–Kier alpha value is -2.90. The molecular formula is C18H13NO3. The average molecular weight is 291 g/mol. The van der Waals surface area contributed by atoms with Crippen LogP contribution in [0.15, 0.2) is 42.5 Å². The molecule has 0 saturated heterocycles. The van der Waals surface area contributed by atoms with Crippen molar-refractivity contribution in [2.75, 3.05) is 11.5 Å². The van der Waals surface area contributed by atoms with E-state index in [1.807, 2.05) is 13.0 Å². The van der Waals surface area contributed by atoms with E-state index >= 15 is 0 Å². The second kappa shape index (κ2) is 5.47. The van der Waals surface area contributed by atoms with Crippen LogP contribution in [0.3, 0.4) is 0 Å². The molecular weight excluding hydrogens is 278 g/mol. The molecule has 0 radical (unpaired) electrons. The minimum absolute atomic E-state index is 0.240. The van der Waals surface area contributed by atoms with Crippen molar-refractivity contribution in [3.63, 3.8) is 0 Å². The number of benzene rings is 2. The maximum atomic E-state index is 12.5. The zero-order valence-corrected chi connectivity index (χ0v) is 12.0. The summed E-state index contributed by atoms with van der Waals surface area (Å²) >= 11 is 0. The molecule has 0 saturated carbocycles. The van der Waals surface area contributed by atoms with E-state index in [-0.39, 0.29) is 18.4 Å². The fourth-order valence-electron chi connectivity index (χ4n) is 2.53. The van der Waals surface area contributed by atoms with Gasteiger partial charge in [0.1, 0.15) is 6.61 Å². The highest BCUT2D eigenvalue weighted by atomic mass is 16.2. The van der Waals surface area contributed by atoms with Crippen LogP contribution in [0.25, 0.3) is 0 Å². The van der Waals surface area contributed by atoms with Crippen LogP contribution in [-0.2, 0) is 0 Å². The van der Waals surface area contributed by atoms with Crippen LogP contribution < -0.4 is 4.90 Å². The van der Waals surface area contributed by atoms with Crippen LogP contribution in [0.4, 0.5) is 5.69 Å². The first-order valence-corrected chi connectivity index (χ1v) is 6.81. The Kier molecular flexibility index (Phi) is 3.50. The van der Waals surface area contributed by atoms with Crippen LogP contribution in [0, 0.1) is 18.8 Å². The molecule has 4 nitrogen and oxygen atoms in total. The third-order valence-corrected chi connectivity index (χ3v) is 3.43. The van der Waals surface area contributed by atoms with Gasteiger partial charge in [0.15, 0.2) is 0 Å². The van der Waals surface area contributed by atoms with Crippen molar-refractivity contribution in [2.24, 2.45) is 0 Å². The quantitative estimate of drug-likeness (QED) is 0.647. The number of anilines is 1. The van der Waals surface area contributed by atoms with E-state index in [2.05, 4.69) is 11.8 Å². The van der Waals surface area contributed by atoms with E-state index < -0.39 is 0 Å². The largest absolute Gasteiger partial charge is 0.384 e. The van der Waals surface area contributed by atoms with Gasteiger partial charge < -0.3 is 5.11 Å². The Balaban J connectivity index is 2.08. The van der Waals surface area contributed by atoms with Crippen LogP contribution in [0.1, 0.15) is 31.8 Å². The Labute approximate surface area is 128 Å². The summed E-state index contributed by atoms with van der Waals surface area (Å²) in [4.78, 5) is 26.1. The molecule has 0 atom stereocenters. The molecule has 0 fully saturated rings. The Morgan fingerprint density at radius 2 is 1.68 bits per heavy atom. The van der Waals surface area contributed by atoms with E-state index in [1.165, 1.54) is 4.90 Å². The lowest BCUT2D eigenvalue weighted by Crippen LogP contribution is -2.29. The van der Waals surface area contributed by atoms with Crippen LogP contribution in [0.5, 0.6) is 0 Å². The number of hydrogen-bond acceptors (Lipinski definition) is 3. The van der Waals surface area contributed by atoms with Gasteiger partial charge in [-0.1, -0.05) is 24.0 Å². The molecule has 1 aliphatic heterocycles. The van der Waals surface area contributed by atoms with E-state index in [9.17, 15) is 9.59 Å². The summed E-state index contributed by atoms with van der Waals surface area (Å²) in [5, 5.41) is 8.79. The molecule has 108 valence electrons. The van der Waals surface area contributed by atoms with Gasteiger partial charge in [0.25, 0.3) is 11.8 Å². The first-order valence-electron chi connectivity index (χ1n) is 6.81. The summed E-state index contributed by atoms with van der Waals surface area (Å²) in [6.07, 6.45) is 0. The monoisotopic (exact) mass is 291 g/mol. The molecule has 1 aliphatic rings. The number of rotatable bonds is 1. The fraction of sp³-hybridized carbons (Fsp3) is 0.111. The average Bonchev–Trinajstić information content (AvgIpc) is 2.77. The van der Waals surface area contributed by atoms with Gasteiger partial charge in [-0.25, -0.2) is 4.90 Å². The van der Waals surface area contributed by atoms with E-state index in [4.69, 9.17) is 5.11 Å². The summed E-state index contributed by atoms with van der Waals surface area (Å²) < 4.78 is 0. The van der Waals surface area contributed by atoms with Crippen LogP contribution in [-0.4, -0.2) is 23.5 Å². The highest BCUT2D eigenvalue weighted by molar-refractivity contribution is 6.34. The number of fused-ring (bicyclic) bond motifs is 1. The molecule has 0 spiro atoms. The topological polar surface area (TPSA) is 57.6 Å². The first-order chi connectivity index (χ1) is 10.6. The van der Waals surface area contributed by atoms with E-state index in [0.29, 0.717) is 22.4 Å². The Bertz CT molecular complexity index is 808. The minimum atomic E-state index is -0.327. The van der Waals surface area contributed by atoms with Gasteiger partial charge in [0.05, 0.1) is 16.8 Å². The summed E-state index contributed by atoms with van der Waals surface area (Å²) in [5.41, 5.74) is 2.86. The van der Waals surface area contributed by atoms with E-state index in [0.717, 1.165) is 5.56 Å². The van der Waals surface area contributed by atoms with Crippen molar-refractivity contribution >= 4 is 17.5 Å². The maximum absolute atomic E-state index is 12.5. The third kappa shape index (κ3) is 2.28. The summed E-state index contributed by atoms with van der Waals surface area (Å²) in [7, 11) is 0. The van der Waals surface area contributed by atoms with Gasteiger partial charge >= 0.3 is 0 Å². The van der Waals surface area contributed by atoms with Crippen molar-refractivity contribution in [1.29, 1.82) is 0 Å². The maximum Gasteiger partial charge on any atom is 0.266 e. The summed E-state index contributed by atoms with van der Waals surface area (Å²) in [6.45, 7) is 1.63. The lowest BCUT2D eigenvalue weighted by Gasteiger charge is -2.15. The lowest BCUT2D eigenvalue weighted by molar-refractivity contribution is 0.0926. The van der Waals surface area contributed by atoms with Gasteiger partial charge in [-0.3, -0.25) is 9.59 Å². The number of nitrogens with zero attached hydrogens (tertiary/aromatic N) is 1. The van der Waals surface area contributed by atoms with Gasteiger partial charge in [-0.05, 0) is 42.8 Å². The molecule has 1 N–H and O–H groups in total. The van der Waals surface area contributed by atoms with E-state index in [1.54, 1.807) is 36.4 Å². The van der Waals surface area contributed by atoms with Crippen LogP contribution >= 0.6 is 0 Å². The molecule has 22 heavy (non-hydrogen) atoms. The number of carbonyl (C=O) groups excluding carboxylic acids is 2. The zero-order chi connectivity index (χ0) is 15.7. The molecule has 2 aromatic rings. The van der Waals surface area contributed by atoms with Gasteiger partial charge in [-0.2, -0.15) is 0 Å². The molecule has 2 amide bonds. The summed E-state index contributed by atoms with van der Waals surface area (Å²) in [5.74, 6) is 4.71. The molecule has 0 bridgehead atoms. The smallest absolute Gasteiger partial charge is 0.266 e. The Morgan fingerprint density at radius 1 is 1.05 bits per heavy atom. The van der Waals surface area contributed by atoms with Crippen molar-refractivity contribution in [1.82, 2.24) is 0 Å². The number of aryl methyl sites for hydroxylation is 1. The number of aliphatic hydroxyl groups is 1. The molecule has 2 aromatic carbocycles. The number of amides is 2. The number of carbonyl (C=O) groups is 2. The van der Waals surface area contributed by atoms with Crippen molar-refractivity contribution < 1.29 is 14.7 Å². The van der Waals surface area contributed by atoms with Gasteiger partial charge in [0.2, 0.25) is 0 Å². The third-order valence-electron chi connectivity index (χ3n) is 3.43. The lowest BCUT2D eigenvalue weighted by atomic mass is 10.1. The molecule has 4 heteroatoms. The molecule has 0 unspecified atom stereocenters. The molecule has 0 aliphatic carbocycles. The number of hydrogen-bond donors (Lipinski definition) is 1. The number of imide groups is 1. The number of aliphatic hydroxyl groups excluding tert-OH is 1. The fourth-order valence-corrected chi connectivity index (χ4v) is 2.53. The SMILES string of the molecule is Cc1cc(C#CCO)cc(N2C(=O)c3ccccc3C2=O)c1. The zero-order valence-electron chi connectivity index (χ0n) is 12.0. The predicted octanol–water partition coefficient (Wildman–Crippen LogP) is 2.14. The van der Waals surface area contributed by atoms with Crippen molar-refractivity contribution in [3.05, 3.63) is 64.7 Å². The van der Waals surface area contributed by atoms with Gasteiger partial charge in [-0.15, -0.1) is 0 Å². The van der Waals surface area contributed by atoms with Gasteiger partial charge in [0, 0.05) is 5.56 Å². The minimum Gasteiger partial charge on any atom is -0.384 e. The molecule has 1 heterocycles. The second-order valence-electron chi connectivity index (χ2n) is 5.01. The normalized spacial score (nSPS) is 12.9. The predicted molar refractivity (Wildman–Crippen MR) is 82.7 cm³/mol. The highest BCUT2D eigenvalue weighted by Gasteiger charge is 2.36. The molecule has 3 rings (SSSR count). The first kappa shape index (κ1) is 14.1. The van der Waals surface area contributed by atoms with Crippen molar-refractivity contribution in [3.8, 4) is 11.8 Å². The van der Waals surface area contributed by atoms with Crippen LogP contribution in [0.2, 0.25) is 0 Å². The standard InChI is InChI=1S/C18H13NO3/c1-12-9-13(5-4-8-20)11-14(10-12)19-17(21)15-6-2-3-7-16(15)18(19)22/h2-3,6-7,9-11,20H,8H2,1H3. The highest BCUT2D eigenvalue weighted by Crippen LogP contribution is 2.29. The second-order valence-corrected chi connectivity index (χ2v) is 5.01. The Morgan fingerprint density at radius 3 is 2.27 bits per heavy atom. The summed E-state index contributed by atoms with van der Waals surface area (Å²) in [6, 6.07) is 12.1. The molecule has 0 aromatic heterocycles. The van der Waals surface area contributed by atoms with Crippen molar-refractivity contribution in [2.45, 2.75) is 6.92 Å².